The summed E-state index contributed by atoms with van der Waals surface area (Å²) in [6.07, 6.45) is 5.49. The molecule has 2 atom stereocenters. The first-order chi connectivity index (χ1) is 12.3. The van der Waals surface area contributed by atoms with Crippen LogP contribution in [0.5, 0.6) is 0 Å². The van der Waals surface area contributed by atoms with Crippen molar-refractivity contribution >= 4 is 17.3 Å². The highest BCUT2D eigenvalue weighted by Crippen LogP contribution is 2.27. The average Bonchev–Trinajstić information content (AvgIpc) is 3.29. The second-order valence-electron chi connectivity index (χ2n) is 7.05. The topological polar surface area (TPSA) is 48.9 Å². The van der Waals surface area contributed by atoms with E-state index in [1.807, 2.05) is 11.3 Å². The summed E-state index contributed by atoms with van der Waals surface area (Å²) < 4.78 is 5.73. The van der Waals surface area contributed by atoms with Crippen molar-refractivity contribution in [3.63, 3.8) is 0 Å². The van der Waals surface area contributed by atoms with Gasteiger partial charge in [-0.15, -0.1) is 11.3 Å². The molecule has 1 aromatic rings. The van der Waals surface area contributed by atoms with Gasteiger partial charge in [-0.25, -0.2) is 0 Å². The van der Waals surface area contributed by atoms with Gasteiger partial charge in [-0.05, 0) is 38.1 Å². The van der Waals surface area contributed by atoms with E-state index in [4.69, 9.17) is 9.73 Å². The number of thiophene rings is 1. The van der Waals surface area contributed by atoms with E-state index in [9.17, 15) is 0 Å². The Balaban J connectivity index is 1.68. The van der Waals surface area contributed by atoms with Gasteiger partial charge in [0.1, 0.15) is 0 Å². The zero-order valence-electron chi connectivity index (χ0n) is 15.5. The quantitative estimate of drug-likeness (QED) is 0.602. The van der Waals surface area contributed by atoms with Gasteiger partial charge >= 0.3 is 0 Å². The van der Waals surface area contributed by atoms with Gasteiger partial charge in [0, 0.05) is 30.6 Å². The minimum Gasteiger partial charge on any atom is -0.376 e. The van der Waals surface area contributed by atoms with Crippen LogP contribution < -0.4 is 10.6 Å². The molecule has 2 N–H and O–H groups in total. The van der Waals surface area contributed by atoms with E-state index in [1.54, 1.807) is 0 Å². The highest BCUT2D eigenvalue weighted by atomic mass is 32.1. The van der Waals surface area contributed by atoms with Crippen LogP contribution in [0.2, 0.25) is 0 Å². The smallest absolute Gasteiger partial charge is 0.191 e. The number of aliphatic imine (C=N–C) groups is 1. The Morgan fingerprint density at radius 3 is 2.96 bits per heavy atom. The van der Waals surface area contributed by atoms with Gasteiger partial charge in [-0.1, -0.05) is 18.9 Å². The first-order valence-corrected chi connectivity index (χ1v) is 10.6. The van der Waals surface area contributed by atoms with Crippen molar-refractivity contribution < 1.29 is 4.74 Å². The number of morpholine rings is 1. The van der Waals surface area contributed by atoms with Gasteiger partial charge in [0.05, 0.1) is 25.3 Å². The Kier molecular flexibility index (Phi) is 7.13. The van der Waals surface area contributed by atoms with Gasteiger partial charge in [0.2, 0.25) is 0 Å². The minimum atomic E-state index is 0.296. The molecule has 25 heavy (non-hydrogen) atoms. The van der Waals surface area contributed by atoms with Crippen LogP contribution in [0.4, 0.5) is 0 Å². The molecule has 2 heterocycles. The zero-order valence-corrected chi connectivity index (χ0v) is 16.4. The third-order valence-corrected chi connectivity index (χ3v) is 6.02. The van der Waals surface area contributed by atoms with Crippen LogP contribution in [0.25, 0.3) is 0 Å². The lowest BCUT2D eigenvalue weighted by atomic mass is 10.1. The van der Waals surface area contributed by atoms with Crippen molar-refractivity contribution in [1.29, 1.82) is 0 Å². The van der Waals surface area contributed by atoms with Crippen molar-refractivity contribution in [2.24, 2.45) is 4.99 Å². The summed E-state index contributed by atoms with van der Waals surface area (Å²) in [6, 6.07) is 5.30. The molecule has 2 aliphatic rings. The maximum Gasteiger partial charge on any atom is 0.191 e. The van der Waals surface area contributed by atoms with Crippen molar-refractivity contribution in [1.82, 2.24) is 15.5 Å². The maximum atomic E-state index is 5.73. The number of guanidine groups is 1. The highest BCUT2D eigenvalue weighted by Gasteiger charge is 2.26. The van der Waals surface area contributed by atoms with E-state index < -0.39 is 0 Å². The van der Waals surface area contributed by atoms with E-state index in [0.717, 1.165) is 38.7 Å². The second kappa shape index (κ2) is 9.55. The van der Waals surface area contributed by atoms with Crippen LogP contribution >= 0.6 is 11.3 Å². The molecule has 0 bridgehead atoms. The molecule has 1 aliphatic heterocycles. The lowest BCUT2D eigenvalue weighted by molar-refractivity contribution is -0.0327. The molecule has 140 valence electrons. The van der Waals surface area contributed by atoms with Gasteiger partial charge in [0.25, 0.3) is 0 Å². The fourth-order valence-corrected chi connectivity index (χ4v) is 4.61. The predicted octanol–water partition coefficient (Wildman–Crippen LogP) is 3.01. The molecule has 1 saturated heterocycles. The maximum absolute atomic E-state index is 5.73. The van der Waals surface area contributed by atoms with E-state index >= 15 is 0 Å². The number of nitrogens with zero attached hydrogens (tertiary/aromatic N) is 2. The molecule has 0 spiro atoms. The number of ether oxygens (including phenoxy) is 1. The van der Waals surface area contributed by atoms with E-state index in [2.05, 4.69) is 46.9 Å². The molecule has 1 aromatic heterocycles. The normalized spacial score (nSPS) is 24.4. The number of nitrogens with one attached hydrogen (secondary N) is 2. The molecular formula is C19H32N4OS. The van der Waals surface area contributed by atoms with Crippen LogP contribution in [-0.4, -0.2) is 55.8 Å². The van der Waals surface area contributed by atoms with Crippen LogP contribution in [0, 0.1) is 0 Å². The monoisotopic (exact) mass is 364 g/mol. The number of hydrogen-bond donors (Lipinski definition) is 2. The molecule has 6 heteroatoms. The van der Waals surface area contributed by atoms with Crippen LogP contribution in [0.3, 0.4) is 0 Å². The van der Waals surface area contributed by atoms with E-state index in [1.165, 1.54) is 30.6 Å². The Morgan fingerprint density at radius 2 is 2.28 bits per heavy atom. The van der Waals surface area contributed by atoms with Gasteiger partial charge in [-0.2, -0.15) is 0 Å². The van der Waals surface area contributed by atoms with Gasteiger partial charge < -0.3 is 15.4 Å². The first-order valence-electron chi connectivity index (χ1n) is 9.70. The van der Waals surface area contributed by atoms with Crippen molar-refractivity contribution in [3.8, 4) is 0 Å². The largest absolute Gasteiger partial charge is 0.376 e. The first kappa shape index (κ1) is 18.7. The number of hydrogen-bond acceptors (Lipinski definition) is 4. The summed E-state index contributed by atoms with van der Waals surface area (Å²) in [7, 11) is 0. The predicted molar refractivity (Wildman–Crippen MR) is 105 cm³/mol. The molecule has 3 rings (SSSR count). The fraction of sp³-hybridized carbons (Fsp3) is 0.737. The summed E-state index contributed by atoms with van der Waals surface area (Å²) in [6.45, 7) is 8.75. The molecule has 0 amide bonds. The van der Waals surface area contributed by atoms with E-state index in [0.29, 0.717) is 18.2 Å². The summed E-state index contributed by atoms with van der Waals surface area (Å²) in [4.78, 5) is 8.88. The number of rotatable bonds is 6. The Hall–Kier alpha value is -1.11. The molecule has 2 fully saturated rings. The summed E-state index contributed by atoms with van der Waals surface area (Å²) in [5.74, 6) is 0.970. The zero-order chi connectivity index (χ0) is 17.5. The molecular weight excluding hydrogens is 332 g/mol. The summed E-state index contributed by atoms with van der Waals surface area (Å²) >= 11 is 1.83. The second-order valence-corrected chi connectivity index (χ2v) is 8.03. The fourth-order valence-electron chi connectivity index (χ4n) is 3.76. The average molecular weight is 365 g/mol. The Morgan fingerprint density at radius 1 is 1.44 bits per heavy atom. The van der Waals surface area contributed by atoms with Crippen molar-refractivity contribution in [2.45, 2.75) is 57.7 Å². The van der Waals surface area contributed by atoms with Crippen molar-refractivity contribution in [2.75, 3.05) is 32.8 Å². The van der Waals surface area contributed by atoms with Crippen LogP contribution in [0.1, 0.15) is 50.4 Å². The van der Waals surface area contributed by atoms with Crippen LogP contribution in [0.15, 0.2) is 22.5 Å². The summed E-state index contributed by atoms with van der Waals surface area (Å²) in [5, 5.41) is 9.21. The third-order valence-electron chi connectivity index (χ3n) is 5.05. The lowest BCUT2D eigenvalue weighted by Crippen LogP contribution is -2.45. The molecule has 0 aromatic carbocycles. The van der Waals surface area contributed by atoms with Crippen LogP contribution in [-0.2, 0) is 4.74 Å². The summed E-state index contributed by atoms with van der Waals surface area (Å²) in [5.41, 5.74) is 0. The highest BCUT2D eigenvalue weighted by molar-refractivity contribution is 7.10. The molecule has 1 aliphatic carbocycles. The van der Waals surface area contributed by atoms with Gasteiger partial charge in [-0.3, -0.25) is 9.89 Å². The SMILES string of the molecule is CCNC(=NCC(c1cccs1)N1CCOC(C)C1)NC1CCCC1. The standard InChI is InChI=1S/C19H32N4OS/c1-3-20-19(22-16-7-4-5-8-16)21-13-17(18-9-6-12-25-18)23-10-11-24-15(2)14-23/h6,9,12,15-17H,3-5,7-8,10-11,13-14H2,1-2H3,(H2,20,21,22). The molecule has 2 unspecified atom stereocenters. The minimum absolute atomic E-state index is 0.296. The Labute approximate surface area is 155 Å². The molecule has 0 radical (unpaired) electrons. The molecule has 5 nitrogen and oxygen atoms in total. The van der Waals surface area contributed by atoms with E-state index in [-0.39, 0.29) is 0 Å². The van der Waals surface area contributed by atoms with Crippen molar-refractivity contribution in [3.05, 3.63) is 22.4 Å². The molecule has 1 saturated carbocycles. The third kappa shape index (κ3) is 5.43. The Bertz CT molecular complexity index is 528. The lowest BCUT2D eigenvalue weighted by Gasteiger charge is -2.36. The van der Waals surface area contributed by atoms with Gasteiger partial charge in [0.15, 0.2) is 5.96 Å².